The zero-order chi connectivity index (χ0) is 11.7. The van der Waals surface area contributed by atoms with Gasteiger partial charge in [-0.3, -0.25) is 4.90 Å². The Bertz CT molecular complexity index is 255. The fraction of sp³-hybridized carbons (Fsp3) is 1.00. The van der Waals surface area contributed by atoms with E-state index in [1.54, 1.807) is 0 Å². The van der Waals surface area contributed by atoms with Crippen molar-refractivity contribution in [2.24, 2.45) is 5.92 Å². The molecule has 0 bridgehead atoms. The molecular formula is C14H26N2O. The third kappa shape index (κ3) is 3.01. The first-order chi connectivity index (χ1) is 8.33. The summed E-state index contributed by atoms with van der Waals surface area (Å²) in [5.74, 6) is 0.513. The van der Waals surface area contributed by atoms with E-state index in [2.05, 4.69) is 10.2 Å². The van der Waals surface area contributed by atoms with E-state index in [-0.39, 0.29) is 6.10 Å². The Morgan fingerprint density at radius 3 is 2.65 bits per heavy atom. The molecule has 2 saturated carbocycles. The smallest absolute Gasteiger partial charge is 0.0580 e. The number of likely N-dealkylation sites (tertiary alicyclic amines) is 1. The summed E-state index contributed by atoms with van der Waals surface area (Å²) in [5, 5.41) is 13.6. The Hall–Kier alpha value is -0.120. The number of aliphatic hydroxyl groups excluding tert-OH is 1. The molecule has 3 aliphatic rings. The molecule has 3 heteroatoms. The molecular weight excluding hydrogens is 212 g/mol. The molecule has 1 heterocycles. The summed E-state index contributed by atoms with van der Waals surface area (Å²) in [6.07, 6.45) is 8.87. The van der Waals surface area contributed by atoms with Crippen molar-refractivity contribution in [3.63, 3.8) is 0 Å². The summed E-state index contributed by atoms with van der Waals surface area (Å²) in [6.45, 7) is 3.56. The van der Waals surface area contributed by atoms with Gasteiger partial charge in [0, 0.05) is 31.7 Å². The Kier molecular flexibility index (Phi) is 3.69. The first-order valence-electron chi connectivity index (χ1n) is 7.48. The van der Waals surface area contributed by atoms with Gasteiger partial charge >= 0.3 is 0 Å². The average Bonchev–Trinajstić information content (AvgIpc) is 3.08. The summed E-state index contributed by atoms with van der Waals surface area (Å²) < 4.78 is 0. The molecule has 0 amide bonds. The summed E-state index contributed by atoms with van der Waals surface area (Å²) >= 11 is 0. The molecule has 98 valence electrons. The minimum absolute atomic E-state index is 0.0443. The van der Waals surface area contributed by atoms with Gasteiger partial charge in [-0.15, -0.1) is 0 Å². The number of aliphatic hydroxyl groups is 1. The van der Waals surface area contributed by atoms with Gasteiger partial charge in [0.05, 0.1) is 6.10 Å². The van der Waals surface area contributed by atoms with Crippen LogP contribution in [0.25, 0.3) is 0 Å². The molecule has 1 saturated heterocycles. The Morgan fingerprint density at radius 1 is 1.06 bits per heavy atom. The standard InChI is InChI=1S/C14H26N2O/c17-14-4-2-1-3-11(14)9-15-12-7-8-16(10-12)13-5-6-13/h11-15,17H,1-10H2. The molecule has 0 aromatic heterocycles. The van der Waals surface area contributed by atoms with Crippen LogP contribution in [-0.4, -0.2) is 47.8 Å². The second kappa shape index (κ2) is 5.25. The quantitative estimate of drug-likeness (QED) is 0.776. The summed E-state index contributed by atoms with van der Waals surface area (Å²) in [5.41, 5.74) is 0. The number of hydrogen-bond acceptors (Lipinski definition) is 3. The highest BCUT2D eigenvalue weighted by Crippen LogP contribution is 2.30. The van der Waals surface area contributed by atoms with Crippen molar-refractivity contribution >= 4 is 0 Å². The predicted molar refractivity (Wildman–Crippen MR) is 69.0 cm³/mol. The largest absolute Gasteiger partial charge is 0.393 e. The van der Waals surface area contributed by atoms with Crippen LogP contribution in [0.3, 0.4) is 0 Å². The lowest BCUT2D eigenvalue weighted by Crippen LogP contribution is -2.40. The maximum Gasteiger partial charge on any atom is 0.0580 e. The van der Waals surface area contributed by atoms with Gasteiger partial charge in [-0.2, -0.15) is 0 Å². The van der Waals surface area contributed by atoms with Crippen molar-refractivity contribution in [3.05, 3.63) is 0 Å². The summed E-state index contributed by atoms with van der Waals surface area (Å²) in [6, 6.07) is 1.60. The van der Waals surface area contributed by atoms with Crippen LogP contribution in [0.1, 0.15) is 44.9 Å². The predicted octanol–water partition coefficient (Wildman–Crippen LogP) is 1.36. The number of nitrogens with zero attached hydrogens (tertiary/aromatic N) is 1. The minimum atomic E-state index is -0.0443. The van der Waals surface area contributed by atoms with Crippen LogP contribution >= 0.6 is 0 Å². The highest BCUT2D eigenvalue weighted by Gasteiger charge is 2.34. The normalized spacial score (nSPS) is 39.7. The van der Waals surface area contributed by atoms with E-state index in [1.165, 1.54) is 51.6 Å². The van der Waals surface area contributed by atoms with Crippen molar-refractivity contribution in [1.82, 2.24) is 10.2 Å². The third-order valence-corrected chi connectivity index (χ3v) is 4.82. The summed E-state index contributed by atoms with van der Waals surface area (Å²) in [7, 11) is 0. The summed E-state index contributed by atoms with van der Waals surface area (Å²) in [4.78, 5) is 2.65. The lowest BCUT2D eigenvalue weighted by Gasteiger charge is -2.29. The Balaban J connectivity index is 1.39. The van der Waals surface area contributed by atoms with Crippen molar-refractivity contribution in [2.45, 2.75) is 63.1 Å². The second-order valence-electron chi connectivity index (χ2n) is 6.23. The highest BCUT2D eigenvalue weighted by molar-refractivity contribution is 4.92. The SMILES string of the molecule is OC1CCCCC1CNC1CCN(C2CC2)C1. The molecule has 3 fully saturated rings. The van der Waals surface area contributed by atoms with Gasteiger partial charge in [-0.25, -0.2) is 0 Å². The molecule has 17 heavy (non-hydrogen) atoms. The average molecular weight is 238 g/mol. The third-order valence-electron chi connectivity index (χ3n) is 4.82. The van der Waals surface area contributed by atoms with Crippen LogP contribution in [0.5, 0.6) is 0 Å². The van der Waals surface area contributed by atoms with Gasteiger partial charge in [-0.05, 0) is 38.0 Å². The lowest BCUT2D eigenvalue weighted by atomic mass is 9.86. The molecule has 2 aliphatic carbocycles. The Labute approximate surface area is 105 Å². The van der Waals surface area contributed by atoms with Crippen LogP contribution in [0.15, 0.2) is 0 Å². The van der Waals surface area contributed by atoms with Crippen molar-refractivity contribution < 1.29 is 5.11 Å². The lowest BCUT2D eigenvalue weighted by molar-refractivity contribution is 0.0682. The minimum Gasteiger partial charge on any atom is -0.393 e. The molecule has 3 unspecified atom stereocenters. The zero-order valence-corrected chi connectivity index (χ0v) is 10.8. The zero-order valence-electron chi connectivity index (χ0n) is 10.8. The van der Waals surface area contributed by atoms with Gasteiger partial charge in [0.2, 0.25) is 0 Å². The fourth-order valence-corrected chi connectivity index (χ4v) is 3.47. The van der Waals surface area contributed by atoms with Gasteiger partial charge in [0.15, 0.2) is 0 Å². The number of nitrogens with one attached hydrogen (secondary N) is 1. The molecule has 3 rings (SSSR count). The fourth-order valence-electron chi connectivity index (χ4n) is 3.47. The van der Waals surface area contributed by atoms with E-state index in [1.807, 2.05) is 0 Å². The van der Waals surface area contributed by atoms with Gasteiger partial charge in [0.25, 0.3) is 0 Å². The van der Waals surface area contributed by atoms with E-state index in [9.17, 15) is 5.11 Å². The number of rotatable bonds is 4. The molecule has 1 aliphatic heterocycles. The molecule has 0 radical (unpaired) electrons. The first-order valence-corrected chi connectivity index (χ1v) is 7.48. The topological polar surface area (TPSA) is 35.5 Å². The van der Waals surface area contributed by atoms with E-state index in [4.69, 9.17) is 0 Å². The van der Waals surface area contributed by atoms with Crippen molar-refractivity contribution in [1.29, 1.82) is 0 Å². The van der Waals surface area contributed by atoms with E-state index in [0.29, 0.717) is 12.0 Å². The molecule has 3 atom stereocenters. The second-order valence-corrected chi connectivity index (χ2v) is 6.23. The molecule has 0 spiro atoms. The number of hydrogen-bond donors (Lipinski definition) is 2. The van der Waals surface area contributed by atoms with E-state index >= 15 is 0 Å². The monoisotopic (exact) mass is 238 g/mol. The Morgan fingerprint density at radius 2 is 1.88 bits per heavy atom. The maximum atomic E-state index is 9.94. The van der Waals surface area contributed by atoms with Crippen molar-refractivity contribution in [3.8, 4) is 0 Å². The van der Waals surface area contributed by atoms with Crippen LogP contribution in [0, 0.1) is 5.92 Å². The molecule has 3 nitrogen and oxygen atoms in total. The van der Waals surface area contributed by atoms with Crippen LogP contribution in [0.2, 0.25) is 0 Å². The molecule has 0 aromatic carbocycles. The van der Waals surface area contributed by atoms with Crippen LogP contribution in [-0.2, 0) is 0 Å². The maximum absolute atomic E-state index is 9.94. The van der Waals surface area contributed by atoms with Gasteiger partial charge in [-0.1, -0.05) is 12.8 Å². The van der Waals surface area contributed by atoms with E-state index < -0.39 is 0 Å². The molecule has 0 aromatic rings. The van der Waals surface area contributed by atoms with Gasteiger partial charge < -0.3 is 10.4 Å². The van der Waals surface area contributed by atoms with Crippen LogP contribution < -0.4 is 5.32 Å². The van der Waals surface area contributed by atoms with E-state index in [0.717, 1.165) is 19.0 Å². The van der Waals surface area contributed by atoms with Crippen LogP contribution in [0.4, 0.5) is 0 Å². The molecule has 2 N–H and O–H groups in total. The van der Waals surface area contributed by atoms with Crippen molar-refractivity contribution in [2.75, 3.05) is 19.6 Å². The first kappa shape index (κ1) is 11.9. The van der Waals surface area contributed by atoms with Gasteiger partial charge in [0.1, 0.15) is 0 Å². The highest BCUT2D eigenvalue weighted by atomic mass is 16.3.